The van der Waals surface area contributed by atoms with E-state index >= 15 is 0 Å². The Balaban J connectivity index is 2.03. The molecule has 0 aromatic carbocycles. The lowest BCUT2D eigenvalue weighted by Crippen LogP contribution is -2.45. The van der Waals surface area contributed by atoms with Gasteiger partial charge in [0, 0.05) is 12.6 Å². The van der Waals surface area contributed by atoms with Crippen molar-refractivity contribution in [2.24, 2.45) is 0 Å². The number of nitrogens with one attached hydrogen (secondary N) is 2. The van der Waals surface area contributed by atoms with Gasteiger partial charge in [0.05, 0.1) is 0 Å². The fraction of sp³-hybridized carbons (Fsp3) is 0.800. The van der Waals surface area contributed by atoms with E-state index in [9.17, 15) is 4.79 Å². The summed E-state index contributed by atoms with van der Waals surface area (Å²) in [7, 11) is 1.92. The molecule has 2 heterocycles. The van der Waals surface area contributed by atoms with E-state index in [0.717, 1.165) is 32.4 Å². The summed E-state index contributed by atoms with van der Waals surface area (Å²) in [5.41, 5.74) is 0. The number of hydrogen-bond donors (Lipinski definition) is 2. The smallest absolute Gasteiger partial charge is 0.295 e. The molecule has 94 valence electrons. The third-order valence-corrected chi connectivity index (χ3v) is 3.15. The number of tetrazole rings is 1. The molecular weight excluding hydrogens is 220 g/mol. The van der Waals surface area contributed by atoms with Gasteiger partial charge in [-0.1, -0.05) is 0 Å². The van der Waals surface area contributed by atoms with Gasteiger partial charge < -0.3 is 10.2 Å². The van der Waals surface area contributed by atoms with Crippen LogP contribution in [0.15, 0.2) is 0 Å². The molecule has 0 aliphatic carbocycles. The Bertz CT molecular complexity index is 352. The number of likely N-dealkylation sites (tertiary alicyclic amines) is 1. The summed E-state index contributed by atoms with van der Waals surface area (Å²) in [5.74, 6) is 0.0564. The fourth-order valence-electron chi connectivity index (χ4n) is 2.26. The maximum Gasteiger partial charge on any atom is 0.295 e. The molecule has 7 nitrogen and oxygen atoms in total. The van der Waals surface area contributed by atoms with Crippen molar-refractivity contribution in [3.8, 4) is 0 Å². The van der Waals surface area contributed by atoms with Gasteiger partial charge in [-0.05, 0) is 44.5 Å². The summed E-state index contributed by atoms with van der Waals surface area (Å²) < 4.78 is 0. The number of hydrogen-bond acceptors (Lipinski definition) is 5. The lowest BCUT2D eigenvalue weighted by atomic mass is 9.99. The molecule has 0 radical (unpaired) electrons. The normalized spacial score (nSPS) is 20.5. The minimum Gasteiger partial charge on any atom is -0.333 e. The highest BCUT2D eigenvalue weighted by atomic mass is 16.2. The summed E-state index contributed by atoms with van der Waals surface area (Å²) in [6.45, 7) is 1.71. The van der Waals surface area contributed by atoms with Gasteiger partial charge in [0.1, 0.15) is 0 Å². The molecule has 1 aliphatic heterocycles. The largest absolute Gasteiger partial charge is 0.333 e. The first-order valence-electron chi connectivity index (χ1n) is 6.02. The first-order valence-corrected chi connectivity index (χ1v) is 6.02. The molecule has 0 bridgehead atoms. The van der Waals surface area contributed by atoms with Gasteiger partial charge >= 0.3 is 0 Å². The van der Waals surface area contributed by atoms with E-state index < -0.39 is 0 Å². The SMILES string of the molecule is CNCCC1CCCCN1C(=O)c1nn[nH]n1. The lowest BCUT2D eigenvalue weighted by molar-refractivity contribution is 0.0590. The van der Waals surface area contributed by atoms with Crippen LogP contribution in [0.1, 0.15) is 36.3 Å². The van der Waals surface area contributed by atoms with Crippen LogP contribution < -0.4 is 5.32 Å². The van der Waals surface area contributed by atoms with Crippen LogP contribution in [0.25, 0.3) is 0 Å². The minimum absolute atomic E-state index is 0.112. The van der Waals surface area contributed by atoms with E-state index in [-0.39, 0.29) is 11.7 Å². The number of nitrogens with zero attached hydrogens (tertiary/aromatic N) is 4. The summed E-state index contributed by atoms with van der Waals surface area (Å²) in [6.07, 6.45) is 4.27. The number of aromatic nitrogens is 4. The van der Waals surface area contributed by atoms with Gasteiger partial charge in [-0.3, -0.25) is 4.79 Å². The van der Waals surface area contributed by atoms with Crippen LogP contribution in [0.5, 0.6) is 0 Å². The van der Waals surface area contributed by atoms with Crippen LogP contribution in [-0.2, 0) is 0 Å². The molecule has 7 heteroatoms. The van der Waals surface area contributed by atoms with Gasteiger partial charge in [-0.2, -0.15) is 5.21 Å². The van der Waals surface area contributed by atoms with Crippen LogP contribution in [0, 0.1) is 0 Å². The Morgan fingerprint density at radius 3 is 3.18 bits per heavy atom. The molecule has 1 aliphatic rings. The zero-order valence-electron chi connectivity index (χ0n) is 10.0. The molecule has 1 atom stereocenters. The van der Waals surface area contributed by atoms with Crippen molar-refractivity contribution in [3.63, 3.8) is 0 Å². The summed E-state index contributed by atoms with van der Waals surface area (Å²) >= 11 is 0. The van der Waals surface area contributed by atoms with Crippen molar-refractivity contribution >= 4 is 5.91 Å². The number of carbonyl (C=O) groups excluding carboxylic acids is 1. The predicted octanol–water partition coefficient (Wildman–Crippen LogP) is -0.196. The Labute approximate surface area is 100.0 Å². The second-order valence-electron chi connectivity index (χ2n) is 4.28. The van der Waals surface area contributed by atoms with Crippen molar-refractivity contribution in [2.75, 3.05) is 20.1 Å². The van der Waals surface area contributed by atoms with Crippen molar-refractivity contribution in [1.29, 1.82) is 0 Å². The Kier molecular flexibility index (Phi) is 4.03. The molecule has 1 fully saturated rings. The van der Waals surface area contributed by atoms with Gasteiger partial charge in [-0.25, -0.2) is 0 Å². The summed E-state index contributed by atoms with van der Waals surface area (Å²) in [4.78, 5) is 14.0. The van der Waals surface area contributed by atoms with Crippen LogP contribution >= 0.6 is 0 Å². The number of H-pyrrole nitrogens is 1. The predicted molar refractivity (Wildman–Crippen MR) is 61.4 cm³/mol. The fourth-order valence-corrected chi connectivity index (χ4v) is 2.26. The van der Waals surface area contributed by atoms with Crippen LogP contribution in [0.2, 0.25) is 0 Å². The maximum atomic E-state index is 12.2. The van der Waals surface area contributed by atoms with Crippen molar-refractivity contribution in [3.05, 3.63) is 5.82 Å². The summed E-state index contributed by atoms with van der Waals surface area (Å²) in [5, 5.41) is 16.4. The van der Waals surface area contributed by atoms with Crippen LogP contribution in [0.3, 0.4) is 0 Å². The highest BCUT2D eigenvalue weighted by Gasteiger charge is 2.29. The highest BCUT2D eigenvalue weighted by Crippen LogP contribution is 2.20. The number of aromatic amines is 1. The van der Waals surface area contributed by atoms with E-state index in [0.29, 0.717) is 6.04 Å². The molecular formula is C10H18N6O. The molecule has 1 aromatic heterocycles. The van der Waals surface area contributed by atoms with E-state index in [1.54, 1.807) is 0 Å². The van der Waals surface area contributed by atoms with Gasteiger partial charge in [0.25, 0.3) is 11.7 Å². The molecule has 1 amide bonds. The quantitative estimate of drug-likeness (QED) is 0.759. The molecule has 1 saturated heterocycles. The van der Waals surface area contributed by atoms with Gasteiger partial charge in [0.2, 0.25) is 0 Å². The Hall–Kier alpha value is -1.50. The zero-order chi connectivity index (χ0) is 12.1. The number of amides is 1. The molecule has 1 aromatic rings. The first kappa shape index (κ1) is 12.0. The maximum absolute atomic E-state index is 12.2. The minimum atomic E-state index is -0.112. The summed E-state index contributed by atoms with van der Waals surface area (Å²) in [6, 6.07) is 0.294. The molecule has 2 rings (SSSR count). The topological polar surface area (TPSA) is 86.8 Å². The second kappa shape index (κ2) is 5.72. The van der Waals surface area contributed by atoms with Crippen LogP contribution in [-0.4, -0.2) is 57.6 Å². The van der Waals surface area contributed by atoms with Gasteiger partial charge in [-0.15, -0.1) is 10.2 Å². The number of piperidine rings is 1. The molecule has 0 spiro atoms. The average molecular weight is 238 g/mol. The van der Waals surface area contributed by atoms with E-state index in [1.807, 2.05) is 11.9 Å². The van der Waals surface area contributed by atoms with Crippen molar-refractivity contribution in [1.82, 2.24) is 30.8 Å². The van der Waals surface area contributed by atoms with Crippen molar-refractivity contribution < 1.29 is 4.79 Å². The molecule has 1 unspecified atom stereocenters. The third-order valence-electron chi connectivity index (χ3n) is 3.15. The number of carbonyl (C=O) groups is 1. The Morgan fingerprint density at radius 2 is 2.47 bits per heavy atom. The standard InChI is InChI=1S/C10H18N6O/c1-11-6-5-8-4-2-3-7-16(8)10(17)9-12-14-15-13-9/h8,11H,2-7H2,1H3,(H,12,13,14,15). The molecule has 0 saturated carbocycles. The highest BCUT2D eigenvalue weighted by molar-refractivity contribution is 5.90. The molecule has 2 N–H and O–H groups in total. The second-order valence-corrected chi connectivity index (χ2v) is 4.28. The van der Waals surface area contributed by atoms with Crippen LogP contribution in [0.4, 0.5) is 0 Å². The van der Waals surface area contributed by atoms with Crippen molar-refractivity contribution in [2.45, 2.75) is 31.7 Å². The van der Waals surface area contributed by atoms with E-state index in [4.69, 9.17) is 0 Å². The molecule has 17 heavy (non-hydrogen) atoms. The first-order chi connectivity index (χ1) is 8.33. The van der Waals surface area contributed by atoms with Gasteiger partial charge in [0.15, 0.2) is 0 Å². The Morgan fingerprint density at radius 1 is 1.59 bits per heavy atom. The number of rotatable bonds is 4. The third kappa shape index (κ3) is 2.79. The zero-order valence-corrected chi connectivity index (χ0v) is 10.0. The lowest BCUT2D eigenvalue weighted by Gasteiger charge is -2.35. The van der Waals surface area contributed by atoms with E-state index in [1.165, 1.54) is 6.42 Å². The van der Waals surface area contributed by atoms with E-state index in [2.05, 4.69) is 25.9 Å². The average Bonchev–Trinajstić information content (AvgIpc) is 2.89. The monoisotopic (exact) mass is 238 g/mol.